The number of esters is 1. The Balaban J connectivity index is 6.10. The first-order chi connectivity index (χ1) is 11.0. The van der Waals surface area contributed by atoms with Gasteiger partial charge >= 0.3 is 29.1 Å². The Morgan fingerprint density at radius 2 is 1.72 bits per heavy atom. The summed E-state index contributed by atoms with van der Waals surface area (Å²) in [6, 6.07) is 0. The molecule has 0 saturated carbocycles. The molecule has 0 radical (unpaired) electrons. The molecule has 1 unspecified atom stereocenters. The molecule has 0 aromatic heterocycles. The van der Waals surface area contributed by atoms with Crippen molar-refractivity contribution in [2.45, 2.75) is 24.1 Å². The minimum Gasteiger partial charge on any atom is -0.743 e. The molecule has 0 aliphatic carbocycles. The predicted octanol–water partition coefficient (Wildman–Crippen LogP) is 0.779. The van der Waals surface area contributed by atoms with Crippen LogP contribution in [0.4, 0.5) is 22.0 Å². The molecule has 1 atom stereocenters. The van der Waals surface area contributed by atoms with E-state index in [0.29, 0.717) is 6.20 Å². The molecule has 0 saturated heterocycles. The van der Waals surface area contributed by atoms with E-state index in [0.717, 1.165) is 6.92 Å². The fourth-order valence-corrected chi connectivity index (χ4v) is 1.28. The standard InChI is InChI=1S/C11H12F5NO7S/c1-4-17-8(19)10(11(14,15)16,24-7(18)6(2)3)23-5-9(12,13)25(20,21)22/h4H,1-2,5H2,3H3,(H,17,19)(H,20,21,22)/p-1. The van der Waals surface area contributed by atoms with Gasteiger partial charge in [-0.2, -0.15) is 22.0 Å². The summed E-state index contributed by atoms with van der Waals surface area (Å²) in [6.45, 7) is 3.92. The zero-order chi connectivity index (χ0) is 20.3. The zero-order valence-electron chi connectivity index (χ0n) is 12.4. The van der Waals surface area contributed by atoms with Crippen molar-refractivity contribution >= 4 is 22.0 Å². The molecular weight excluding hydrogens is 385 g/mol. The van der Waals surface area contributed by atoms with Gasteiger partial charge in [-0.15, -0.1) is 0 Å². The number of amides is 1. The van der Waals surface area contributed by atoms with Crippen LogP contribution in [0.2, 0.25) is 0 Å². The van der Waals surface area contributed by atoms with Crippen LogP contribution >= 0.6 is 0 Å². The second kappa shape index (κ2) is 7.45. The fourth-order valence-electron chi connectivity index (χ4n) is 1.07. The van der Waals surface area contributed by atoms with Crippen molar-refractivity contribution in [2.24, 2.45) is 0 Å². The van der Waals surface area contributed by atoms with Crippen LogP contribution in [0.3, 0.4) is 0 Å². The van der Waals surface area contributed by atoms with Gasteiger partial charge in [0.05, 0.1) is 0 Å². The lowest BCUT2D eigenvalue weighted by atomic mass is 10.2. The number of ether oxygens (including phenoxy) is 2. The molecule has 0 bridgehead atoms. The van der Waals surface area contributed by atoms with Crippen molar-refractivity contribution < 1.29 is 54.0 Å². The van der Waals surface area contributed by atoms with Gasteiger partial charge in [-0.3, -0.25) is 4.79 Å². The Labute approximate surface area is 138 Å². The Morgan fingerprint density at radius 1 is 1.24 bits per heavy atom. The molecule has 0 fully saturated rings. The number of alkyl halides is 5. The lowest BCUT2D eigenvalue weighted by Gasteiger charge is -2.34. The minimum atomic E-state index is -6.44. The van der Waals surface area contributed by atoms with Crippen LogP contribution in [-0.4, -0.2) is 48.7 Å². The predicted molar refractivity (Wildman–Crippen MR) is 68.6 cm³/mol. The molecule has 8 nitrogen and oxygen atoms in total. The number of halogens is 5. The third-order valence-electron chi connectivity index (χ3n) is 2.30. The van der Waals surface area contributed by atoms with Crippen LogP contribution in [0.5, 0.6) is 0 Å². The molecule has 0 aromatic rings. The van der Waals surface area contributed by atoms with E-state index >= 15 is 0 Å². The maximum absolute atomic E-state index is 13.2. The van der Waals surface area contributed by atoms with Crippen LogP contribution in [-0.2, 0) is 29.2 Å². The molecule has 1 amide bonds. The summed E-state index contributed by atoms with van der Waals surface area (Å²) in [4.78, 5) is 23.0. The Hall–Kier alpha value is -2.06. The number of rotatable bonds is 8. The van der Waals surface area contributed by atoms with Crippen molar-refractivity contribution in [3.63, 3.8) is 0 Å². The van der Waals surface area contributed by atoms with Crippen molar-refractivity contribution in [1.29, 1.82) is 0 Å². The molecule has 0 aliphatic heterocycles. The molecule has 144 valence electrons. The van der Waals surface area contributed by atoms with Gasteiger partial charge in [0.2, 0.25) is 0 Å². The van der Waals surface area contributed by atoms with Gasteiger partial charge in [-0.05, 0) is 13.1 Å². The molecule has 0 spiro atoms. The maximum Gasteiger partial charge on any atom is 0.466 e. The second-order valence-corrected chi connectivity index (χ2v) is 5.85. The first kappa shape index (κ1) is 22.9. The Morgan fingerprint density at radius 3 is 2.04 bits per heavy atom. The summed E-state index contributed by atoms with van der Waals surface area (Å²) in [6.07, 6.45) is -5.57. The lowest BCUT2D eigenvalue weighted by molar-refractivity contribution is -0.352. The number of carbonyl (C=O) groups is 2. The topological polar surface area (TPSA) is 122 Å². The molecule has 1 N–H and O–H groups in total. The van der Waals surface area contributed by atoms with E-state index in [-0.39, 0.29) is 0 Å². The quantitative estimate of drug-likeness (QED) is 0.212. The highest BCUT2D eigenvalue weighted by atomic mass is 32.2. The van der Waals surface area contributed by atoms with Crippen molar-refractivity contribution in [3.05, 3.63) is 24.9 Å². The number of nitrogens with one attached hydrogen (secondary N) is 1. The summed E-state index contributed by atoms with van der Waals surface area (Å²) in [5.41, 5.74) is -0.674. The van der Waals surface area contributed by atoms with Gasteiger partial charge < -0.3 is 19.3 Å². The third-order valence-corrected chi connectivity index (χ3v) is 3.15. The fraction of sp³-hybridized carbons (Fsp3) is 0.455. The molecule has 25 heavy (non-hydrogen) atoms. The second-order valence-electron chi connectivity index (χ2n) is 4.34. The number of hydrogen-bond donors (Lipinski definition) is 1. The van der Waals surface area contributed by atoms with Gasteiger partial charge in [0.15, 0.2) is 10.1 Å². The SMILES string of the molecule is C=CNC(=O)C(OCC(F)(F)S(=O)(=O)[O-])(OC(=O)C(=C)C)C(F)(F)F. The van der Waals surface area contributed by atoms with Crippen molar-refractivity contribution in [3.8, 4) is 0 Å². The average Bonchev–Trinajstić information content (AvgIpc) is 2.40. The first-order valence-corrected chi connectivity index (χ1v) is 7.27. The van der Waals surface area contributed by atoms with Crippen LogP contribution in [0.25, 0.3) is 0 Å². The van der Waals surface area contributed by atoms with Gasteiger partial charge in [-0.25, -0.2) is 13.2 Å². The smallest absolute Gasteiger partial charge is 0.466 e. The summed E-state index contributed by atoms with van der Waals surface area (Å²) in [5.74, 6) is -8.89. The molecule has 0 aliphatic rings. The van der Waals surface area contributed by atoms with Crippen molar-refractivity contribution in [2.75, 3.05) is 6.61 Å². The number of carbonyl (C=O) groups excluding carboxylic acids is 2. The van der Waals surface area contributed by atoms with Crippen LogP contribution in [0.15, 0.2) is 24.9 Å². The Bertz CT molecular complexity index is 673. The zero-order valence-corrected chi connectivity index (χ0v) is 13.2. The average molecular weight is 396 g/mol. The monoisotopic (exact) mass is 396 g/mol. The highest BCUT2D eigenvalue weighted by Crippen LogP contribution is 2.37. The van der Waals surface area contributed by atoms with E-state index in [1.165, 1.54) is 5.32 Å². The van der Waals surface area contributed by atoms with E-state index in [4.69, 9.17) is 0 Å². The summed E-state index contributed by atoms with van der Waals surface area (Å²) >= 11 is 0. The van der Waals surface area contributed by atoms with Crippen molar-refractivity contribution in [1.82, 2.24) is 5.32 Å². The molecule has 14 heteroatoms. The highest BCUT2D eigenvalue weighted by Gasteiger charge is 2.67. The van der Waals surface area contributed by atoms with Crippen LogP contribution in [0.1, 0.15) is 6.92 Å². The van der Waals surface area contributed by atoms with Gasteiger partial charge in [0, 0.05) is 5.57 Å². The largest absolute Gasteiger partial charge is 0.743 e. The molecular formula is C11H11F5NO7S-. The van der Waals surface area contributed by atoms with E-state index in [1.807, 2.05) is 0 Å². The van der Waals surface area contributed by atoms with Crippen LogP contribution in [0, 0.1) is 0 Å². The van der Waals surface area contributed by atoms with E-state index in [2.05, 4.69) is 22.6 Å². The van der Waals surface area contributed by atoms with E-state index in [1.54, 1.807) is 0 Å². The summed E-state index contributed by atoms with van der Waals surface area (Å²) in [5, 5.41) is -4.04. The van der Waals surface area contributed by atoms with Gasteiger partial charge in [0.1, 0.15) is 6.61 Å². The molecule has 0 aromatic carbocycles. The van der Waals surface area contributed by atoms with Gasteiger partial charge in [0.25, 0.3) is 0 Å². The van der Waals surface area contributed by atoms with E-state index in [9.17, 15) is 44.5 Å². The number of hydrogen-bond acceptors (Lipinski definition) is 7. The molecule has 0 rings (SSSR count). The minimum absolute atomic E-state index is 0.378. The lowest BCUT2D eigenvalue weighted by Crippen LogP contribution is -2.62. The van der Waals surface area contributed by atoms with Gasteiger partial charge in [-0.1, -0.05) is 13.2 Å². The maximum atomic E-state index is 13.2. The normalized spacial score (nSPS) is 15.0. The highest BCUT2D eigenvalue weighted by molar-refractivity contribution is 7.86. The van der Waals surface area contributed by atoms with E-state index < -0.39 is 51.4 Å². The Kier molecular flexibility index (Phi) is 6.83. The van der Waals surface area contributed by atoms with Crippen LogP contribution < -0.4 is 5.32 Å². The third kappa shape index (κ3) is 5.20. The molecule has 0 heterocycles. The summed E-state index contributed by atoms with van der Waals surface area (Å²) in [7, 11) is -6.44. The summed E-state index contributed by atoms with van der Waals surface area (Å²) < 4.78 is 104. The first-order valence-electron chi connectivity index (χ1n) is 5.86.